The average molecular weight is 275 g/mol. The maximum Gasteiger partial charge on any atom is 0.433 e. The van der Waals surface area contributed by atoms with Gasteiger partial charge in [0.05, 0.1) is 5.92 Å². The Hall–Kier alpha value is -1.86. The zero-order chi connectivity index (χ0) is 14.0. The van der Waals surface area contributed by atoms with Crippen molar-refractivity contribution in [2.75, 3.05) is 18.0 Å². The van der Waals surface area contributed by atoms with Gasteiger partial charge in [-0.2, -0.15) is 13.2 Å². The highest BCUT2D eigenvalue weighted by molar-refractivity contribution is 5.71. The first kappa shape index (κ1) is 13.6. The zero-order valence-corrected chi connectivity index (χ0v) is 9.89. The minimum Gasteiger partial charge on any atom is -0.481 e. The van der Waals surface area contributed by atoms with Crippen molar-refractivity contribution < 1.29 is 23.1 Å². The smallest absolute Gasteiger partial charge is 0.433 e. The van der Waals surface area contributed by atoms with Crippen LogP contribution in [-0.4, -0.2) is 34.1 Å². The van der Waals surface area contributed by atoms with Gasteiger partial charge in [-0.15, -0.1) is 0 Å². The molecule has 19 heavy (non-hydrogen) atoms. The SMILES string of the molecule is O=C(O)C1CCCN(c2nccc(C(F)(F)F)n2)C1. The van der Waals surface area contributed by atoms with Crippen LogP contribution in [0.2, 0.25) is 0 Å². The van der Waals surface area contributed by atoms with E-state index < -0.39 is 23.8 Å². The summed E-state index contributed by atoms with van der Waals surface area (Å²) in [6.07, 6.45) is -2.38. The van der Waals surface area contributed by atoms with Crippen molar-refractivity contribution in [3.63, 3.8) is 0 Å². The van der Waals surface area contributed by atoms with Crippen LogP contribution in [0, 0.1) is 5.92 Å². The summed E-state index contributed by atoms with van der Waals surface area (Å²) in [5, 5.41) is 8.94. The summed E-state index contributed by atoms with van der Waals surface area (Å²) in [7, 11) is 0. The number of carboxylic acid groups (broad SMARTS) is 1. The van der Waals surface area contributed by atoms with Crippen molar-refractivity contribution in [3.05, 3.63) is 18.0 Å². The summed E-state index contributed by atoms with van der Waals surface area (Å²) < 4.78 is 37.6. The maximum absolute atomic E-state index is 12.5. The molecule has 2 heterocycles. The molecule has 104 valence electrons. The van der Waals surface area contributed by atoms with E-state index in [1.807, 2.05) is 0 Å². The molecule has 5 nitrogen and oxygen atoms in total. The van der Waals surface area contributed by atoms with Gasteiger partial charge in [-0.3, -0.25) is 4.79 Å². The largest absolute Gasteiger partial charge is 0.481 e. The highest BCUT2D eigenvalue weighted by atomic mass is 19.4. The van der Waals surface area contributed by atoms with Gasteiger partial charge in [0.25, 0.3) is 0 Å². The molecule has 1 aliphatic heterocycles. The van der Waals surface area contributed by atoms with Crippen LogP contribution in [0.5, 0.6) is 0 Å². The second-order valence-corrected chi connectivity index (χ2v) is 4.36. The Kier molecular flexibility index (Phi) is 3.59. The lowest BCUT2D eigenvalue weighted by Gasteiger charge is -2.30. The van der Waals surface area contributed by atoms with Gasteiger partial charge in [0.2, 0.25) is 5.95 Å². The second kappa shape index (κ2) is 5.02. The topological polar surface area (TPSA) is 66.3 Å². The van der Waals surface area contributed by atoms with E-state index in [0.717, 1.165) is 12.3 Å². The van der Waals surface area contributed by atoms with E-state index in [1.165, 1.54) is 4.90 Å². The third-order valence-electron chi connectivity index (χ3n) is 2.99. The molecule has 0 aromatic carbocycles. The molecule has 0 amide bonds. The Morgan fingerprint density at radius 2 is 2.21 bits per heavy atom. The number of rotatable bonds is 2. The minimum absolute atomic E-state index is 0.0687. The molecule has 0 aliphatic carbocycles. The van der Waals surface area contributed by atoms with Gasteiger partial charge in [-0.1, -0.05) is 0 Å². The van der Waals surface area contributed by atoms with Crippen LogP contribution in [0.3, 0.4) is 0 Å². The Morgan fingerprint density at radius 3 is 2.84 bits per heavy atom. The first-order valence-electron chi connectivity index (χ1n) is 5.76. The number of piperidine rings is 1. The van der Waals surface area contributed by atoms with Crippen LogP contribution in [-0.2, 0) is 11.0 Å². The molecule has 1 N–H and O–H groups in total. The summed E-state index contributed by atoms with van der Waals surface area (Å²) in [6.45, 7) is 0.599. The van der Waals surface area contributed by atoms with Gasteiger partial charge < -0.3 is 10.0 Å². The molecule has 2 rings (SSSR count). The summed E-state index contributed by atoms with van der Waals surface area (Å²) in [5.74, 6) is -1.61. The fourth-order valence-corrected chi connectivity index (χ4v) is 2.02. The van der Waals surface area contributed by atoms with Crippen LogP contribution in [0.15, 0.2) is 12.3 Å². The second-order valence-electron chi connectivity index (χ2n) is 4.36. The molecule has 1 saturated heterocycles. The Bertz CT molecular complexity index is 478. The molecule has 1 fully saturated rings. The molecule has 1 aliphatic rings. The van der Waals surface area contributed by atoms with Crippen LogP contribution < -0.4 is 4.90 Å². The highest BCUT2D eigenvalue weighted by Crippen LogP contribution is 2.29. The molecule has 0 radical (unpaired) electrons. The van der Waals surface area contributed by atoms with Crippen molar-refractivity contribution in [3.8, 4) is 0 Å². The third kappa shape index (κ3) is 3.12. The number of aliphatic carboxylic acids is 1. The fourth-order valence-electron chi connectivity index (χ4n) is 2.02. The third-order valence-corrected chi connectivity index (χ3v) is 2.99. The molecule has 0 bridgehead atoms. The number of hydrogen-bond acceptors (Lipinski definition) is 4. The van der Waals surface area contributed by atoms with Crippen molar-refractivity contribution in [1.82, 2.24) is 9.97 Å². The van der Waals surface area contributed by atoms with E-state index in [9.17, 15) is 18.0 Å². The molecule has 1 aromatic rings. The van der Waals surface area contributed by atoms with E-state index in [-0.39, 0.29) is 12.5 Å². The van der Waals surface area contributed by atoms with E-state index >= 15 is 0 Å². The molecule has 1 atom stereocenters. The summed E-state index contributed by atoms with van der Waals surface area (Å²) in [4.78, 5) is 19.6. The van der Waals surface area contributed by atoms with Crippen LogP contribution in [0.4, 0.5) is 19.1 Å². The molecule has 0 saturated carbocycles. The van der Waals surface area contributed by atoms with Crippen molar-refractivity contribution in [2.24, 2.45) is 5.92 Å². The number of anilines is 1. The fraction of sp³-hybridized carbons (Fsp3) is 0.545. The molecule has 1 aromatic heterocycles. The van der Waals surface area contributed by atoms with Gasteiger partial charge in [-0.25, -0.2) is 9.97 Å². The summed E-state index contributed by atoms with van der Waals surface area (Å²) in [5.41, 5.74) is -1.02. The molecule has 8 heteroatoms. The molecule has 0 spiro atoms. The Labute approximate surface area is 107 Å². The standard InChI is InChI=1S/C11H12F3N3O2/c12-11(13,14)8-3-4-15-10(16-8)17-5-1-2-7(6-17)9(18)19/h3-4,7H,1-2,5-6H2,(H,18,19). The Balaban J connectivity index is 2.20. The van der Waals surface area contributed by atoms with Gasteiger partial charge >= 0.3 is 12.1 Å². The van der Waals surface area contributed by atoms with Crippen LogP contribution in [0.1, 0.15) is 18.5 Å². The Morgan fingerprint density at radius 1 is 1.47 bits per heavy atom. The molecular formula is C11H12F3N3O2. The number of alkyl halides is 3. The van der Waals surface area contributed by atoms with Gasteiger partial charge in [0, 0.05) is 19.3 Å². The van der Waals surface area contributed by atoms with E-state index in [0.29, 0.717) is 19.4 Å². The summed E-state index contributed by atoms with van der Waals surface area (Å²) in [6, 6.07) is 0.794. The molecular weight excluding hydrogens is 263 g/mol. The number of carbonyl (C=O) groups is 1. The van der Waals surface area contributed by atoms with Crippen LogP contribution >= 0.6 is 0 Å². The molecule has 1 unspecified atom stereocenters. The zero-order valence-electron chi connectivity index (χ0n) is 9.89. The van der Waals surface area contributed by atoms with Crippen LogP contribution in [0.25, 0.3) is 0 Å². The van der Waals surface area contributed by atoms with E-state index in [4.69, 9.17) is 5.11 Å². The first-order valence-corrected chi connectivity index (χ1v) is 5.76. The van der Waals surface area contributed by atoms with E-state index in [1.54, 1.807) is 0 Å². The lowest BCUT2D eigenvalue weighted by molar-refractivity contribution is -0.142. The predicted octanol–water partition coefficient (Wildman–Crippen LogP) is 1.80. The van der Waals surface area contributed by atoms with Crippen molar-refractivity contribution in [1.29, 1.82) is 0 Å². The number of nitrogens with zero attached hydrogens (tertiary/aromatic N) is 3. The highest BCUT2D eigenvalue weighted by Gasteiger charge is 2.34. The normalized spacial score (nSPS) is 20.4. The number of halogens is 3. The average Bonchev–Trinajstić information content (AvgIpc) is 2.38. The lowest BCUT2D eigenvalue weighted by Crippen LogP contribution is -2.39. The summed E-state index contributed by atoms with van der Waals surface area (Å²) >= 11 is 0. The predicted molar refractivity (Wildman–Crippen MR) is 59.6 cm³/mol. The van der Waals surface area contributed by atoms with E-state index in [2.05, 4.69) is 9.97 Å². The lowest BCUT2D eigenvalue weighted by atomic mass is 9.99. The quantitative estimate of drug-likeness (QED) is 0.891. The number of carboxylic acids is 1. The maximum atomic E-state index is 12.5. The van der Waals surface area contributed by atoms with Gasteiger partial charge in [-0.05, 0) is 18.9 Å². The number of aromatic nitrogens is 2. The van der Waals surface area contributed by atoms with Gasteiger partial charge in [0.15, 0.2) is 0 Å². The van der Waals surface area contributed by atoms with Crippen molar-refractivity contribution in [2.45, 2.75) is 19.0 Å². The first-order chi connectivity index (χ1) is 8.88. The number of hydrogen-bond donors (Lipinski definition) is 1. The monoisotopic (exact) mass is 275 g/mol. The van der Waals surface area contributed by atoms with Gasteiger partial charge in [0.1, 0.15) is 5.69 Å². The minimum atomic E-state index is -4.53. The van der Waals surface area contributed by atoms with Crippen molar-refractivity contribution >= 4 is 11.9 Å².